The van der Waals surface area contributed by atoms with E-state index in [0.717, 1.165) is 6.42 Å². The molecule has 1 aliphatic heterocycles. The van der Waals surface area contributed by atoms with Crippen molar-refractivity contribution in [2.24, 2.45) is 17.3 Å². The lowest BCUT2D eigenvalue weighted by Crippen LogP contribution is -2.52. The average Bonchev–Trinajstić information content (AvgIpc) is 2.21. The molecule has 4 atom stereocenters. The smallest absolute Gasteiger partial charge is 0.162 e. The van der Waals surface area contributed by atoms with E-state index in [1.54, 1.807) is 7.11 Å². The first-order valence-corrected chi connectivity index (χ1v) is 6.17. The number of methoxy groups -OCH3 is 1. The van der Waals surface area contributed by atoms with Crippen LogP contribution in [-0.4, -0.2) is 19.5 Å². The second-order valence-corrected chi connectivity index (χ2v) is 5.33. The van der Waals surface area contributed by atoms with E-state index >= 15 is 0 Å². The van der Waals surface area contributed by atoms with Crippen molar-refractivity contribution in [1.82, 2.24) is 0 Å². The van der Waals surface area contributed by atoms with Crippen LogP contribution < -0.4 is 0 Å². The molecular formula is C13H26O2. The highest BCUT2D eigenvalue weighted by molar-refractivity contribution is 4.91. The molecule has 0 amide bonds. The van der Waals surface area contributed by atoms with E-state index < -0.39 is 0 Å². The zero-order valence-corrected chi connectivity index (χ0v) is 11.0. The maximum Gasteiger partial charge on any atom is 0.162 e. The maximum atomic E-state index is 6.05. The summed E-state index contributed by atoms with van der Waals surface area (Å²) in [6, 6.07) is 0. The molecule has 90 valence electrons. The largest absolute Gasteiger partial charge is 0.355 e. The molecule has 1 fully saturated rings. The third kappa shape index (κ3) is 2.21. The molecule has 15 heavy (non-hydrogen) atoms. The number of hydrogen-bond donors (Lipinski definition) is 0. The van der Waals surface area contributed by atoms with Crippen LogP contribution in [0.3, 0.4) is 0 Å². The summed E-state index contributed by atoms with van der Waals surface area (Å²) in [5.74, 6) is 1.31. The highest BCUT2D eigenvalue weighted by Gasteiger charge is 2.47. The molecular weight excluding hydrogens is 188 g/mol. The molecule has 0 spiro atoms. The Morgan fingerprint density at radius 1 is 1.20 bits per heavy atom. The van der Waals surface area contributed by atoms with Gasteiger partial charge in [0, 0.05) is 12.5 Å². The predicted octanol–water partition coefficient (Wildman–Crippen LogP) is 3.46. The summed E-state index contributed by atoms with van der Waals surface area (Å²) >= 11 is 0. The summed E-state index contributed by atoms with van der Waals surface area (Å²) in [4.78, 5) is 0. The van der Waals surface area contributed by atoms with E-state index in [9.17, 15) is 0 Å². The highest BCUT2D eigenvalue weighted by atomic mass is 16.7. The molecule has 2 nitrogen and oxygen atoms in total. The number of rotatable bonds is 3. The quantitative estimate of drug-likeness (QED) is 0.716. The molecule has 0 saturated carbocycles. The molecule has 1 unspecified atom stereocenters. The Balaban J connectivity index is 2.87. The first kappa shape index (κ1) is 13.0. The zero-order chi connectivity index (χ0) is 11.6. The van der Waals surface area contributed by atoms with E-state index in [1.807, 2.05) is 0 Å². The van der Waals surface area contributed by atoms with Gasteiger partial charge in [-0.1, -0.05) is 41.0 Å². The molecule has 0 N–H and O–H groups in total. The van der Waals surface area contributed by atoms with Crippen LogP contribution in [0.1, 0.15) is 47.5 Å². The van der Waals surface area contributed by atoms with Crippen LogP contribution in [0.25, 0.3) is 0 Å². The Kier molecular flexibility index (Phi) is 4.19. The van der Waals surface area contributed by atoms with E-state index in [2.05, 4.69) is 34.6 Å². The lowest BCUT2D eigenvalue weighted by Gasteiger charge is -2.50. The third-order valence-electron chi connectivity index (χ3n) is 4.29. The van der Waals surface area contributed by atoms with E-state index in [0.29, 0.717) is 17.9 Å². The van der Waals surface area contributed by atoms with Gasteiger partial charge >= 0.3 is 0 Å². The normalized spacial score (nSPS) is 40.4. The predicted molar refractivity (Wildman–Crippen MR) is 62.7 cm³/mol. The lowest BCUT2D eigenvalue weighted by molar-refractivity contribution is -0.274. The Labute approximate surface area is 94.3 Å². The number of hydrogen-bond acceptors (Lipinski definition) is 2. The summed E-state index contributed by atoms with van der Waals surface area (Å²) in [6.07, 6.45) is 2.58. The van der Waals surface area contributed by atoms with Gasteiger partial charge in [-0.2, -0.15) is 0 Å². The standard InChI is InChI=1S/C13H26O2/c1-7-10-9(3)13(4,5)12(14-6)15-11(10)8-2/h9-12H,7-8H2,1-6H3/t9-,10+,11?,12-/m1/s1. The van der Waals surface area contributed by atoms with Crippen LogP contribution in [0, 0.1) is 17.3 Å². The van der Waals surface area contributed by atoms with Crippen molar-refractivity contribution in [2.75, 3.05) is 7.11 Å². The van der Waals surface area contributed by atoms with Gasteiger partial charge in [0.05, 0.1) is 6.10 Å². The Bertz CT molecular complexity index is 201. The van der Waals surface area contributed by atoms with Crippen LogP contribution in [0.4, 0.5) is 0 Å². The molecule has 0 radical (unpaired) electrons. The van der Waals surface area contributed by atoms with Gasteiger partial charge in [0.2, 0.25) is 0 Å². The fourth-order valence-electron chi connectivity index (χ4n) is 2.90. The third-order valence-corrected chi connectivity index (χ3v) is 4.29. The Morgan fingerprint density at radius 3 is 2.20 bits per heavy atom. The van der Waals surface area contributed by atoms with Crippen LogP contribution in [-0.2, 0) is 9.47 Å². The fraction of sp³-hybridized carbons (Fsp3) is 1.00. The van der Waals surface area contributed by atoms with Crippen molar-refractivity contribution in [3.8, 4) is 0 Å². The van der Waals surface area contributed by atoms with Gasteiger partial charge < -0.3 is 9.47 Å². The molecule has 0 bridgehead atoms. The molecule has 1 heterocycles. The van der Waals surface area contributed by atoms with Crippen molar-refractivity contribution in [3.63, 3.8) is 0 Å². The van der Waals surface area contributed by atoms with Crippen molar-refractivity contribution < 1.29 is 9.47 Å². The molecule has 1 saturated heterocycles. The maximum absolute atomic E-state index is 6.05. The minimum atomic E-state index is -0.0553. The van der Waals surface area contributed by atoms with Crippen molar-refractivity contribution in [3.05, 3.63) is 0 Å². The summed E-state index contributed by atoms with van der Waals surface area (Å²) in [7, 11) is 1.75. The SMILES string of the molecule is CCC1O[C@@H](OC)C(C)(C)[C@H](C)[C@@H]1CC. The van der Waals surface area contributed by atoms with E-state index in [4.69, 9.17) is 9.47 Å². The molecule has 0 aromatic rings. The molecule has 0 aliphatic carbocycles. The lowest BCUT2D eigenvalue weighted by atomic mass is 9.67. The van der Waals surface area contributed by atoms with Crippen molar-refractivity contribution in [2.45, 2.75) is 59.9 Å². The molecule has 1 rings (SSSR count). The number of ether oxygens (including phenoxy) is 2. The van der Waals surface area contributed by atoms with Crippen molar-refractivity contribution in [1.29, 1.82) is 0 Å². The second kappa shape index (κ2) is 4.84. The van der Waals surface area contributed by atoms with Crippen LogP contribution >= 0.6 is 0 Å². The summed E-state index contributed by atoms with van der Waals surface area (Å²) in [5.41, 5.74) is 0.112. The first-order valence-electron chi connectivity index (χ1n) is 6.17. The van der Waals surface area contributed by atoms with Crippen LogP contribution in [0.2, 0.25) is 0 Å². The van der Waals surface area contributed by atoms with Crippen LogP contribution in [0.15, 0.2) is 0 Å². The monoisotopic (exact) mass is 214 g/mol. The minimum absolute atomic E-state index is 0.0553. The van der Waals surface area contributed by atoms with Gasteiger partial charge in [-0.3, -0.25) is 0 Å². The van der Waals surface area contributed by atoms with Gasteiger partial charge in [-0.05, 0) is 18.3 Å². The summed E-state index contributed by atoms with van der Waals surface area (Å²) in [5, 5.41) is 0. The molecule has 1 aliphatic rings. The molecule has 2 heteroatoms. The van der Waals surface area contributed by atoms with Gasteiger partial charge in [0.25, 0.3) is 0 Å². The average molecular weight is 214 g/mol. The Morgan fingerprint density at radius 2 is 1.80 bits per heavy atom. The highest BCUT2D eigenvalue weighted by Crippen LogP contribution is 2.46. The van der Waals surface area contributed by atoms with Gasteiger partial charge in [0.15, 0.2) is 6.29 Å². The second-order valence-electron chi connectivity index (χ2n) is 5.33. The summed E-state index contributed by atoms with van der Waals surface area (Å²) in [6.45, 7) is 11.3. The molecule has 0 aromatic heterocycles. The van der Waals surface area contributed by atoms with E-state index in [1.165, 1.54) is 6.42 Å². The van der Waals surface area contributed by atoms with Crippen LogP contribution in [0.5, 0.6) is 0 Å². The topological polar surface area (TPSA) is 18.5 Å². The first-order chi connectivity index (χ1) is 6.98. The zero-order valence-electron chi connectivity index (χ0n) is 11.0. The summed E-state index contributed by atoms with van der Waals surface area (Å²) < 4.78 is 11.5. The fourth-order valence-corrected chi connectivity index (χ4v) is 2.90. The minimum Gasteiger partial charge on any atom is -0.355 e. The Hall–Kier alpha value is -0.0800. The van der Waals surface area contributed by atoms with Gasteiger partial charge in [-0.25, -0.2) is 0 Å². The van der Waals surface area contributed by atoms with E-state index in [-0.39, 0.29) is 11.7 Å². The van der Waals surface area contributed by atoms with Crippen molar-refractivity contribution >= 4 is 0 Å². The van der Waals surface area contributed by atoms with Gasteiger partial charge in [-0.15, -0.1) is 0 Å². The van der Waals surface area contributed by atoms with Gasteiger partial charge in [0.1, 0.15) is 0 Å². The molecule has 0 aromatic carbocycles.